The van der Waals surface area contributed by atoms with Crippen molar-refractivity contribution >= 4 is 0 Å². The molecule has 1 nitrogen and oxygen atoms in total. The van der Waals surface area contributed by atoms with E-state index in [1.807, 2.05) is 0 Å². The molecule has 0 radical (unpaired) electrons. The lowest BCUT2D eigenvalue weighted by atomic mass is 9.68. The van der Waals surface area contributed by atoms with E-state index in [-0.39, 0.29) is 11.5 Å². The number of aliphatic hydroxyl groups excluding tert-OH is 1. The Hall–Kier alpha value is -0.0400. The molecule has 0 fully saturated rings. The third-order valence-corrected chi connectivity index (χ3v) is 7.62. The summed E-state index contributed by atoms with van der Waals surface area (Å²) in [7, 11) is 0. The monoisotopic (exact) mass is 438 g/mol. The Morgan fingerprint density at radius 2 is 0.710 bits per heavy atom. The van der Waals surface area contributed by atoms with Crippen molar-refractivity contribution in [2.24, 2.45) is 5.41 Å². The topological polar surface area (TPSA) is 20.2 Å². The van der Waals surface area contributed by atoms with E-state index in [0.29, 0.717) is 0 Å². The van der Waals surface area contributed by atoms with Gasteiger partial charge in [-0.3, -0.25) is 0 Å². The predicted molar refractivity (Wildman–Crippen MR) is 142 cm³/mol. The first kappa shape index (κ1) is 31.0. The van der Waals surface area contributed by atoms with Gasteiger partial charge in [-0.15, -0.1) is 0 Å². The van der Waals surface area contributed by atoms with Crippen LogP contribution in [0.15, 0.2) is 0 Å². The van der Waals surface area contributed by atoms with Gasteiger partial charge in [-0.05, 0) is 31.1 Å². The summed E-state index contributed by atoms with van der Waals surface area (Å²) < 4.78 is 0. The molecule has 1 heteroatoms. The number of aliphatic hydroxyl groups is 1. The molecule has 0 aromatic rings. The van der Waals surface area contributed by atoms with Gasteiger partial charge in [0.25, 0.3) is 0 Å². The second kappa shape index (κ2) is 23.1. The van der Waals surface area contributed by atoms with Crippen molar-refractivity contribution in [3.63, 3.8) is 0 Å². The number of unbranched alkanes of at least 4 members (excludes halogenated alkanes) is 16. The van der Waals surface area contributed by atoms with Gasteiger partial charge in [-0.25, -0.2) is 0 Å². The highest BCUT2D eigenvalue weighted by atomic mass is 16.3. The molecule has 31 heavy (non-hydrogen) atoms. The van der Waals surface area contributed by atoms with Crippen LogP contribution in [0, 0.1) is 5.41 Å². The molecule has 0 amide bonds. The molecule has 0 saturated heterocycles. The van der Waals surface area contributed by atoms with Crippen LogP contribution in [-0.2, 0) is 0 Å². The molecule has 0 aliphatic rings. The molecule has 0 aromatic heterocycles. The van der Waals surface area contributed by atoms with Crippen molar-refractivity contribution in [2.75, 3.05) is 0 Å². The van der Waals surface area contributed by atoms with Crippen molar-refractivity contribution in [1.29, 1.82) is 0 Å². The van der Waals surface area contributed by atoms with E-state index in [9.17, 15) is 5.11 Å². The maximum absolute atomic E-state index is 11.5. The smallest absolute Gasteiger partial charge is 0.0596 e. The Kier molecular flexibility index (Phi) is 23.1. The maximum atomic E-state index is 11.5. The van der Waals surface area contributed by atoms with E-state index in [2.05, 4.69) is 27.7 Å². The first-order valence-electron chi connectivity index (χ1n) is 14.8. The maximum Gasteiger partial charge on any atom is 0.0596 e. The van der Waals surface area contributed by atoms with Gasteiger partial charge in [0, 0.05) is 0 Å². The molecule has 0 spiro atoms. The lowest BCUT2D eigenvalue weighted by Crippen LogP contribution is -2.35. The highest BCUT2D eigenvalue weighted by Gasteiger charge is 2.35. The normalized spacial score (nSPS) is 13.1. The van der Waals surface area contributed by atoms with Crippen LogP contribution in [0.25, 0.3) is 0 Å². The molecule has 0 bridgehead atoms. The summed E-state index contributed by atoms with van der Waals surface area (Å²) in [4.78, 5) is 0. The summed E-state index contributed by atoms with van der Waals surface area (Å²) in [5.41, 5.74) is 0.204. The molecular weight excluding hydrogens is 376 g/mol. The van der Waals surface area contributed by atoms with Crippen molar-refractivity contribution in [3.8, 4) is 0 Å². The summed E-state index contributed by atoms with van der Waals surface area (Å²) in [5.74, 6) is 0. The molecule has 0 saturated carbocycles. The molecule has 1 atom stereocenters. The minimum Gasteiger partial charge on any atom is -0.393 e. The number of hydrogen-bond acceptors (Lipinski definition) is 1. The molecule has 0 heterocycles. The first-order valence-corrected chi connectivity index (χ1v) is 14.8. The van der Waals surface area contributed by atoms with E-state index < -0.39 is 0 Å². The molecule has 188 valence electrons. The SMILES string of the molecule is CCCCCCCC(O)C(CCCCCCC)(CCCCCCC)CCCCCCC. The van der Waals surface area contributed by atoms with Gasteiger partial charge in [0.05, 0.1) is 6.10 Å². The van der Waals surface area contributed by atoms with Crippen LogP contribution < -0.4 is 0 Å². The van der Waals surface area contributed by atoms with E-state index in [4.69, 9.17) is 0 Å². The molecule has 0 aliphatic carbocycles. The van der Waals surface area contributed by atoms with Crippen LogP contribution in [-0.4, -0.2) is 11.2 Å². The van der Waals surface area contributed by atoms with Crippen molar-refractivity contribution in [1.82, 2.24) is 0 Å². The van der Waals surface area contributed by atoms with E-state index >= 15 is 0 Å². The van der Waals surface area contributed by atoms with Crippen LogP contribution in [0.5, 0.6) is 0 Å². The predicted octanol–water partition coefficient (Wildman–Crippen LogP) is 10.8. The van der Waals surface area contributed by atoms with Crippen LogP contribution >= 0.6 is 0 Å². The van der Waals surface area contributed by atoms with Gasteiger partial charge < -0.3 is 5.11 Å². The lowest BCUT2D eigenvalue weighted by molar-refractivity contribution is -0.00892. The fraction of sp³-hybridized carbons (Fsp3) is 1.00. The van der Waals surface area contributed by atoms with Gasteiger partial charge in [-0.2, -0.15) is 0 Å². The van der Waals surface area contributed by atoms with Crippen LogP contribution in [0.2, 0.25) is 0 Å². The van der Waals surface area contributed by atoms with Crippen LogP contribution in [0.4, 0.5) is 0 Å². The second-order valence-electron chi connectivity index (χ2n) is 10.6. The quantitative estimate of drug-likeness (QED) is 0.140. The molecule has 0 aliphatic heterocycles. The van der Waals surface area contributed by atoms with Crippen molar-refractivity contribution in [3.05, 3.63) is 0 Å². The molecule has 1 unspecified atom stereocenters. The Labute approximate surface area is 198 Å². The first-order chi connectivity index (χ1) is 15.2. The summed E-state index contributed by atoms with van der Waals surface area (Å²) in [6.07, 6.45) is 31.7. The summed E-state index contributed by atoms with van der Waals surface area (Å²) in [5, 5.41) is 11.5. The fourth-order valence-corrected chi connectivity index (χ4v) is 5.36. The minimum atomic E-state index is -0.0716. The van der Waals surface area contributed by atoms with E-state index in [1.165, 1.54) is 148 Å². The highest BCUT2D eigenvalue weighted by Crippen LogP contribution is 2.42. The van der Waals surface area contributed by atoms with E-state index in [1.54, 1.807) is 0 Å². The third kappa shape index (κ3) is 17.1. The Morgan fingerprint density at radius 1 is 0.419 bits per heavy atom. The van der Waals surface area contributed by atoms with Gasteiger partial charge in [0.15, 0.2) is 0 Å². The fourth-order valence-electron chi connectivity index (χ4n) is 5.36. The number of rotatable bonds is 25. The lowest BCUT2D eigenvalue weighted by Gasteiger charge is -2.39. The molecular formula is C30H62O. The average Bonchev–Trinajstić information content (AvgIpc) is 2.77. The van der Waals surface area contributed by atoms with E-state index in [0.717, 1.165) is 6.42 Å². The molecule has 0 aromatic carbocycles. The summed E-state index contributed by atoms with van der Waals surface area (Å²) in [6.45, 7) is 9.20. The zero-order valence-electron chi connectivity index (χ0n) is 22.5. The van der Waals surface area contributed by atoms with Gasteiger partial charge in [0.2, 0.25) is 0 Å². The van der Waals surface area contributed by atoms with Gasteiger partial charge in [0.1, 0.15) is 0 Å². The largest absolute Gasteiger partial charge is 0.393 e. The average molecular weight is 439 g/mol. The zero-order valence-corrected chi connectivity index (χ0v) is 22.5. The Bertz CT molecular complexity index is 301. The van der Waals surface area contributed by atoms with Crippen molar-refractivity contribution < 1.29 is 5.11 Å². The molecule has 0 rings (SSSR count). The van der Waals surface area contributed by atoms with Crippen LogP contribution in [0.1, 0.15) is 182 Å². The Balaban J connectivity index is 4.94. The highest BCUT2D eigenvalue weighted by molar-refractivity contribution is 4.87. The third-order valence-electron chi connectivity index (χ3n) is 7.62. The Morgan fingerprint density at radius 3 is 1.03 bits per heavy atom. The number of hydrogen-bond donors (Lipinski definition) is 1. The van der Waals surface area contributed by atoms with Crippen molar-refractivity contribution in [2.45, 2.75) is 188 Å². The minimum absolute atomic E-state index is 0.0716. The van der Waals surface area contributed by atoms with Crippen LogP contribution in [0.3, 0.4) is 0 Å². The summed E-state index contributed by atoms with van der Waals surface area (Å²) >= 11 is 0. The van der Waals surface area contributed by atoms with Gasteiger partial charge >= 0.3 is 0 Å². The van der Waals surface area contributed by atoms with Gasteiger partial charge in [-0.1, -0.05) is 156 Å². The summed E-state index contributed by atoms with van der Waals surface area (Å²) in [6, 6.07) is 0. The molecule has 1 N–H and O–H groups in total. The zero-order chi connectivity index (χ0) is 23.0. The standard InChI is InChI=1S/C30H62O/c1-5-9-13-17-21-25-29(31)30(26-22-18-14-10-6-2,27-23-19-15-11-7-3)28-24-20-16-12-8-4/h29,31H,5-28H2,1-4H3. The second-order valence-corrected chi connectivity index (χ2v) is 10.6.